The van der Waals surface area contributed by atoms with Crippen molar-refractivity contribution in [2.75, 3.05) is 12.3 Å². The van der Waals surface area contributed by atoms with Gasteiger partial charge < -0.3 is 15.4 Å². The van der Waals surface area contributed by atoms with E-state index in [1.807, 2.05) is 0 Å². The van der Waals surface area contributed by atoms with Crippen LogP contribution in [-0.4, -0.2) is 33.3 Å². The fraction of sp³-hybridized carbons (Fsp3) is 0.267. The zero-order valence-electron chi connectivity index (χ0n) is 12.5. The minimum atomic E-state index is -0.763. The first kappa shape index (κ1) is 16.5. The molecule has 2 heterocycles. The van der Waals surface area contributed by atoms with E-state index in [0.717, 1.165) is 12.3 Å². The molecular formula is C15H15FN4O3S. The summed E-state index contributed by atoms with van der Waals surface area (Å²) in [6.07, 6.45) is 0. The Morgan fingerprint density at radius 1 is 1.42 bits per heavy atom. The molecule has 1 fully saturated rings. The highest BCUT2D eigenvalue weighted by atomic mass is 32.2. The van der Waals surface area contributed by atoms with Gasteiger partial charge in [-0.2, -0.15) is 0 Å². The van der Waals surface area contributed by atoms with Gasteiger partial charge in [-0.3, -0.25) is 14.9 Å². The lowest BCUT2D eigenvalue weighted by atomic mass is 10.2. The summed E-state index contributed by atoms with van der Waals surface area (Å²) in [7, 11) is 0. The number of aromatic hydroxyl groups is 1. The lowest BCUT2D eigenvalue weighted by Crippen LogP contribution is -2.28. The molecule has 0 saturated carbocycles. The molecule has 1 saturated heterocycles. The molecule has 126 valence electrons. The molecule has 0 spiro atoms. The van der Waals surface area contributed by atoms with Gasteiger partial charge in [0.25, 0.3) is 11.5 Å². The predicted molar refractivity (Wildman–Crippen MR) is 87.3 cm³/mol. The molecule has 4 N–H and O–H groups in total. The van der Waals surface area contributed by atoms with Gasteiger partial charge in [0.05, 0.1) is 0 Å². The number of nitrogens with one attached hydrogen (secondary N) is 3. The van der Waals surface area contributed by atoms with E-state index in [9.17, 15) is 19.1 Å². The second kappa shape index (κ2) is 7.02. The molecule has 24 heavy (non-hydrogen) atoms. The highest BCUT2D eigenvalue weighted by molar-refractivity contribution is 7.99. The number of benzene rings is 1. The number of carbonyl (C=O) groups excluding carboxylic acids is 1. The molecule has 1 amide bonds. The van der Waals surface area contributed by atoms with Gasteiger partial charge in [-0.15, -0.1) is 11.8 Å². The Balaban J connectivity index is 1.78. The van der Waals surface area contributed by atoms with Gasteiger partial charge in [0, 0.05) is 18.8 Å². The molecule has 3 rings (SSSR count). The van der Waals surface area contributed by atoms with Gasteiger partial charge in [-0.05, 0) is 17.7 Å². The van der Waals surface area contributed by atoms with Crippen LogP contribution in [0.5, 0.6) is 5.75 Å². The van der Waals surface area contributed by atoms with Crippen LogP contribution in [0.3, 0.4) is 0 Å². The number of carbonyl (C=O) groups is 1. The summed E-state index contributed by atoms with van der Waals surface area (Å²) < 4.78 is 12.9. The normalized spacial score (nSPS) is 17.0. The average molecular weight is 350 g/mol. The van der Waals surface area contributed by atoms with E-state index in [0.29, 0.717) is 11.4 Å². The first-order valence-corrected chi connectivity index (χ1v) is 8.30. The smallest absolute Gasteiger partial charge is 0.294 e. The van der Waals surface area contributed by atoms with Crippen molar-refractivity contribution in [1.82, 2.24) is 20.6 Å². The van der Waals surface area contributed by atoms with Crippen molar-refractivity contribution in [3.05, 3.63) is 57.5 Å². The molecular weight excluding hydrogens is 335 g/mol. The third-order valence-corrected chi connectivity index (χ3v) is 4.62. The van der Waals surface area contributed by atoms with Crippen molar-refractivity contribution in [2.24, 2.45) is 0 Å². The van der Waals surface area contributed by atoms with Gasteiger partial charge in [0.1, 0.15) is 17.0 Å². The van der Waals surface area contributed by atoms with E-state index in [1.165, 1.54) is 24.3 Å². The minimum absolute atomic E-state index is 0.124. The Kier molecular flexibility index (Phi) is 4.81. The SMILES string of the molecule is O=C(NCc1ccc(F)cc1)c1nc(C2NCCS2)[nH]c(=O)c1O. The molecule has 1 aliphatic rings. The summed E-state index contributed by atoms with van der Waals surface area (Å²) in [6.45, 7) is 0.894. The summed E-state index contributed by atoms with van der Waals surface area (Å²) in [6, 6.07) is 5.63. The van der Waals surface area contributed by atoms with Crippen molar-refractivity contribution >= 4 is 17.7 Å². The summed E-state index contributed by atoms with van der Waals surface area (Å²) >= 11 is 1.55. The van der Waals surface area contributed by atoms with Crippen LogP contribution in [0.25, 0.3) is 0 Å². The summed E-state index contributed by atoms with van der Waals surface area (Å²) in [5, 5.41) is 15.3. The second-order valence-electron chi connectivity index (χ2n) is 5.16. The van der Waals surface area contributed by atoms with Crippen LogP contribution >= 0.6 is 11.8 Å². The second-order valence-corrected chi connectivity index (χ2v) is 6.38. The zero-order valence-corrected chi connectivity index (χ0v) is 13.3. The van der Waals surface area contributed by atoms with E-state index in [-0.39, 0.29) is 23.4 Å². The van der Waals surface area contributed by atoms with Gasteiger partial charge >= 0.3 is 0 Å². The first-order chi connectivity index (χ1) is 11.5. The van der Waals surface area contributed by atoms with Crippen LogP contribution in [0.15, 0.2) is 29.1 Å². The quantitative estimate of drug-likeness (QED) is 0.652. The maximum Gasteiger partial charge on any atom is 0.294 e. The Morgan fingerprint density at radius 3 is 2.83 bits per heavy atom. The largest absolute Gasteiger partial charge is 0.501 e. The maximum absolute atomic E-state index is 12.9. The first-order valence-electron chi connectivity index (χ1n) is 7.25. The van der Waals surface area contributed by atoms with Crippen LogP contribution in [0.1, 0.15) is 27.3 Å². The lowest BCUT2D eigenvalue weighted by molar-refractivity contribution is 0.0942. The van der Waals surface area contributed by atoms with Gasteiger partial charge in [-0.1, -0.05) is 12.1 Å². The molecule has 1 atom stereocenters. The summed E-state index contributed by atoms with van der Waals surface area (Å²) in [4.78, 5) is 30.6. The van der Waals surface area contributed by atoms with Crippen molar-refractivity contribution in [1.29, 1.82) is 0 Å². The van der Waals surface area contributed by atoms with E-state index in [4.69, 9.17) is 0 Å². The molecule has 0 aliphatic carbocycles. The van der Waals surface area contributed by atoms with E-state index in [1.54, 1.807) is 11.8 Å². The Morgan fingerprint density at radius 2 is 2.17 bits per heavy atom. The fourth-order valence-electron chi connectivity index (χ4n) is 2.24. The number of hydrogen-bond acceptors (Lipinski definition) is 6. The molecule has 0 bridgehead atoms. The van der Waals surface area contributed by atoms with Crippen LogP contribution in [0.4, 0.5) is 4.39 Å². The number of halogens is 1. The third kappa shape index (κ3) is 3.57. The van der Waals surface area contributed by atoms with Crippen molar-refractivity contribution < 1.29 is 14.3 Å². The number of H-pyrrole nitrogens is 1. The molecule has 2 aromatic rings. The lowest BCUT2D eigenvalue weighted by Gasteiger charge is -2.11. The molecule has 9 heteroatoms. The van der Waals surface area contributed by atoms with Gasteiger partial charge in [0.15, 0.2) is 5.69 Å². The van der Waals surface area contributed by atoms with Crippen LogP contribution in [-0.2, 0) is 6.54 Å². The van der Waals surface area contributed by atoms with E-state index in [2.05, 4.69) is 20.6 Å². The van der Waals surface area contributed by atoms with E-state index < -0.39 is 17.2 Å². The summed E-state index contributed by atoms with van der Waals surface area (Å²) in [5.41, 5.74) is -0.409. The Bertz CT molecular complexity index is 803. The third-order valence-electron chi connectivity index (χ3n) is 3.46. The van der Waals surface area contributed by atoms with Crippen LogP contribution in [0.2, 0.25) is 0 Å². The highest BCUT2D eigenvalue weighted by Gasteiger charge is 2.24. The molecule has 0 radical (unpaired) electrons. The molecule has 7 nitrogen and oxygen atoms in total. The van der Waals surface area contributed by atoms with Gasteiger partial charge in [0.2, 0.25) is 5.75 Å². The number of aromatic nitrogens is 2. The number of aromatic amines is 1. The zero-order chi connectivity index (χ0) is 17.1. The fourth-order valence-corrected chi connectivity index (χ4v) is 3.21. The monoisotopic (exact) mass is 350 g/mol. The topological polar surface area (TPSA) is 107 Å². The molecule has 1 aromatic carbocycles. The standard InChI is InChI=1S/C15H15FN4O3S/c16-9-3-1-8(2-4-9)7-18-13(22)10-11(21)14(23)20-12(19-10)15-17-5-6-24-15/h1-4,15,17,21H,5-7H2,(H,18,22)(H,19,20,23). The number of hydrogen-bond donors (Lipinski definition) is 4. The average Bonchev–Trinajstić information content (AvgIpc) is 3.11. The van der Waals surface area contributed by atoms with Crippen molar-refractivity contribution in [2.45, 2.75) is 11.9 Å². The molecule has 1 aliphatic heterocycles. The van der Waals surface area contributed by atoms with Crippen LogP contribution in [0, 0.1) is 5.82 Å². The molecule has 1 aromatic heterocycles. The van der Waals surface area contributed by atoms with Crippen molar-refractivity contribution in [3.8, 4) is 5.75 Å². The predicted octanol–water partition coefficient (Wildman–Crippen LogP) is 0.880. The summed E-state index contributed by atoms with van der Waals surface area (Å²) in [5.74, 6) is -0.607. The Labute approximate surface area is 140 Å². The number of rotatable bonds is 4. The van der Waals surface area contributed by atoms with Gasteiger partial charge in [-0.25, -0.2) is 9.37 Å². The number of thioether (sulfide) groups is 1. The maximum atomic E-state index is 12.9. The van der Waals surface area contributed by atoms with Crippen molar-refractivity contribution in [3.63, 3.8) is 0 Å². The number of nitrogens with zero attached hydrogens (tertiary/aromatic N) is 1. The Hall–Kier alpha value is -2.39. The van der Waals surface area contributed by atoms with E-state index >= 15 is 0 Å². The highest BCUT2D eigenvalue weighted by Crippen LogP contribution is 2.27. The molecule has 1 unspecified atom stereocenters. The van der Waals surface area contributed by atoms with Crippen LogP contribution < -0.4 is 16.2 Å². The minimum Gasteiger partial charge on any atom is -0.501 e. The number of amides is 1.